The van der Waals surface area contributed by atoms with E-state index in [0.29, 0.717) is 0 Å². The van der Waals surface area contributed by atoms with Crippen LogP contribution in [0.2, 0.25) is 0 Å². The number of rotatable bonds is 4. The first kappa shape index (κ1) is 29.7. The molecule has 2 radical (unpaired) electrons. The number of anilines is 4. The molecule has 4 rings (SSSR count). The van der Waals surface area contributed by atoms with Crippen molar-refractivity contribution in [2.75, 3.05) is 23.9 Å². The minimum atomic E-state index is 0. The van der Waals surface area contributed by atoms with Crippen LogP contribution in [-0.2, 0) is 65.4 Å². The van der Waals surface area contributed by atoms with Gasteiger partial charge in [-0.3, -0.25) is 0 Å². The Labute approximate surface area is 238 Å². The van der Waals surface area contributed by atoms with E-state index >= 15 is 0 Å². The van der Waals surface area contributed by atoms with Gasteiger partial charge in [0.2, 0.25) is 0 Å². The molecule has 2 nitrogen and oxygen atoms in total. The molecule has 0 aromatic heterocycles. The van der Waals surface area contributed by atoms with Crippen LogP contribution in [0.4, 0.5) is 22.7 Å². The van der Waals surface area contributed by atoms with Gasteiger partial charge < -0.3 is 17.2 Å². The first-order chi connectivity index (χ1) is 13.8. The summed E-state index contributed by atoms with van der Waals surface area (Å²) >= 11 is 0. The zero-order chi connectivity index (χ0) is 19.6. The average molecular weight is 557 g/mol. The number of benzene rings is 4. The van der Waals surface area contributed by atoms with E-state index in [0.717, 1.165) is 0 Å². The monoisotopic (exact) mass is 557 g/mol. The van der Waals surface area contributed by atoms with Crippen LogP contribution in [0, 0.1) is 19.6 Å². The third-order valence-corrected chi connectivity index (χ3v) is 4.46. The van der Waals surface area contributed by atoms with Crippen molar-refractivity contribution in [1.82, 2.24) is 0 Å². The maximum Gasteiger partial charge on any atom is 0.0389 e. The van der Waals surface area contributed by atoms with Gasteiger partial charge in [0.15, 0.2) is 0 Å². The van der Waals surface area contributed by atoms with E-state index in [-0.39, 0.29) is 72.8 Å². The van der Waals surface area contributed by atoms with Crippen molar-refractivity contribution >= 4 is 22.7 Å². The third-order valence-electron chi connectivity index (χ3n) is 4.46. The van der Waals surface area contributed by atoms with Gasteiger partial charge in [0, 0.05) is 90.9 Å². The van der Waals surface area contributed by atoms with Crippen molar-refractivity contribution in [3.05, 3.63) is 129 Å². The van der Waals surface area contributed by atoms with Crippen molar-refractivity contribution in [2.24, 2.45) is 0 Å². The van der Waals surface area contributed by atoms with Crippen molar-refractivity contribution in [1.29, 1.82) is 0 Å². The minimum absolute atomic E-state index is 0. The molecule has 0 fully saturated rings. The summed E-state index contributed by atoms with van der Waals surface area (Å²) in [4.78, 5) is 4.29. The molecule has 0 atom stereocenters. The zero-order valence-corrected chi connectivity index (χ0v) is 24.1. The Bertz CT molecular complexity index is 774. The number of hydrogen-bond acceptors (Lipinski definition) is 2. The third kappa shape index (κ3) is 9.37. The van der Waals surface area contributed by atoms with Gasteiger partial charge in [-0.25, -0.2) is 0 Å². The van der Waals surface area contributed by atoms with E-state index in [4.69, 9.17) is 0 Å². The van der Waals surface area contributed by atoms with E-state index in [2.05, 4.69) is 60.3 Å². The summed E-state index contributed by atoms with van der Waals surface area (Å²) in [5, 5.41) is 0. The topological polar surface area (TPSA) is 6.48 Å². The van der Waals surface area contributed by atoms with Crippen LogP contribution >= 0.6 is 0 Å². The second kappa shape index (κ2) is 16.3. The molecule has 0 unspecified atom stereocenters. The van der Waals surface area contributed by atoms with E-state index in [1.54, 1.807) is 0 Å². The standard InChI is InChI=1S/2C13H12N.CH3.2Y/c2*1-14(12-8-4-2-5-9-12)13-10-6-3-7-11-13;;;/h2*2,4-11H,1H3;1H3;;/q3*-1;;. The molecule has 154 valence electrons. The molecule has 0 aliphatic rings. The van der Waals surface area contributed by atoms with Crippen LogP contribution < -0.4 is 9.80 Å². The average Bonchev–Trinajstić information content (AvgIpc) is 2.81. The Hall–Kier alpha value is -1.31. The maximum absolute atomic E-state index is 3.01. The fourth-order valence-corrected chi connectivity index (χ4v) is 2.80. The molecule has 31 heavy (non-hydrogen) atoms. The van der Waals surface area contributed by atoms with Crippen molar-refractivity contribution in [3.8, 4) is 0 Å². The molecule has 0 amide bonds. The van der Waals surface area contributed by atoms with Gasteiger partial charge >= 0.3 is 0 Å². The van der Waals surface area contributed by atoms with Crippen molar-refractivity contribution in [2.45, 2.75) is 0 Å². The number of hydrogen-bond donors (Lipinski definition) is 0. The number of nitrogens with zero attached hydrogens (tertiary/aromatic N) is 2. The first-order valence-electron chi connectivity index (χ1n) is 9.25. The Morgan fingerprint density at radius 3 is 1.00 bits per heavy atom. The molecular weight excluding hydrogens is 530 g/mol. The first-order valence-corrected chi connectivity index (χ1v) is 9.25. The summed E-state index contributed by atoms with van der Waals surface area (Å²) in [5.41, 5.74) is 4.74. The second-order valence-corrected chi connectivity index (χ2v) is 6.31. The largest absolute Gasteiger partial charge is 0.368 e. The molecular formula is C27H27N2Y2-3. The Balaban J connectivity index is 0.000000529. The fourth-order valence-electron chi connectivity index (χ4n) is 2.80. The molecule has 0 saturated heterocycles. The minimum Gasteiger partial charge on any atom is -0.368 e. The smallest absolute Gasteiger partial charge is 0.0389 e. The van der Waals surface area contributed by atoms with Crippen LogP contribution in [-0.4, -0.2) is 14.1 Å². The normalized spacial score (nSPS) is 8.84. The SMILES string of the molecule is CN(c1cc[c-]cc1)c1ccccc1.CN(c1cc[c-]cc1)c1ccccc1.[CH3-].[Y].[Y]. The molecule has 0 aliphatic carbocycles. The molecule has 0 heterocycles. The molecule has 0 N–H and O–H groups in total. The molecule has 0 bridgehead atoms. The summed E-state index contributed by atoms with van der Waals surface area (Å²) in [5.74, 6) is 0. The quantitative estimate of drug-likeness (QED) is 0.251. The predicted octanol–water partition coefficient (Wildman–Crippen LogP) is 6.95. The van der Waals surface area contributed by atoms with Gasteiger partial charge in [-0.15, -0.1) is 24.3 Å². The van der Waals surface area contributed by atoms with E-state index in [9.17, 15) is 0 Å². The van der Waals surface area contributed by atoms with Gasteiger partial charge in [-0.2, -0.15) is 36.4 Å². The van der Waals surface area contributed by atoms with Crippen LogP contribution in [0.3, 0.4) is 0 Å². The molecule has 4 aromatic rings. The maximum atomic E-state index is 3.01. The summed E-state index contributed by atoms with van der Waals surface area (Å²) in [7, 11) is 4.12. The van der Waals surface area contributed by atoms with Crippen LogP contribution in [0.5, 0.6) is 0 Å². The molecule has 0 aliphatic heterocycles. The zero-order valence-electron chi connectivity index (χ0n) is 18.4. The Kier molecular flexibility index (Phi) is 15.6. The summed E-state index contributed by atoms with van der Waals surface area (Å²) < 4.78 is 0. The summed E-state index contributed by atoms with van der Waals surface area (Å²) in [6, 6.07) is 42.5. The van der Waals surface area contributed by atoms with Crippen LogP contribution in [0.1, 0.15) is 0 Å². The molecule has 4 aromatic carbocycles. The summed E-state index contributed by atoms with van der Waals surface area (Å²) in [6.45, 7) is 0. The Morgan fingerprint density at radius 1 is 0.452 bits per heavy atom. The van der Waals surface area contributed by atoms with Crippen molar-refractivity contribution in [3.63, 3.8) is 0 Å². The van der Waals surface area contributed by atoms with E-state index in [1.807, 2.05) is 84.9 Å². The van der Waals surface area contributed by atoms with Crippen molar-refractivity contribution < 1.29 is 65.4 Å². The van der Waals surface area contributed by atoms with Gasteiger partial charge in [0.1, 0.15) is 0 Å². The summed E-state index contributed by atoms with van der Waals surface area (Å²) in [6.07, 6.45) is 0. The fraction of sp³-hybridized carbons (Fsp3) is 0.0741. The molecule has 0 spiro atoms. The van der Waals surface area contributed by atoms with Gasteiger partial charge in [-0.1, -0.05) is 47.8 Å². The van der Waals surface area contributed by atoms with Crippen LogP contribution in [0.15, 0.2) is 109 Å². The second-order valence-electron chi connectivity index (χ2n) is 6.31. The van der Waals surface area contributed by atoms with E-state index in [1.165, 1.54) is 22.7 Å². The van der Waals surface area contributed by atoms with Gasteiger partial charge in [-0.05, 0) is 24.3 Å². The number of para-hydroxylation sites is 2. The predicted molar refractivity (Wildman–Crippen MR) is 126 cm³/mol. The Morgan fingerprint density at radius 2 is 0.710 bits per heavy atom. The molecule has 0 saturated carbocycles. The van der Waals surface area contributed by atoms with Gasteiger partial charge in [0.25, 0.3) is 0 Å². The molecule has 4 heteroatoms. The van der Waals surface area contributed by atoms with Gasteiger partial charge in [0.05, 0.1) is 0 Å². The van der Waals surface area contributed by atoms with Crippen LogP contribution in [0.25, 0.3) is 0 Å². The van der Waals surface area contributed by atoms with E-state index < -0.39 is 0 Å².